The number of hydrogen-bond acceptors (Lipinski definition) is 7. The van der Waals surface area contributed by atoms with Gasteiger partial charge in [-0.25, -0.2) is 9.59 Å². The van der Waals surface area contributed by atoms with Crippen molar-refractivity contribution in [2.24, 2.45) is 17.4 Å². The normalized spacial score (nSPS) is 22.2. The Morgan fingerprint density at radius 1 is 1.08 bits per heavy atom. The third-order valence-electron chi connectivity index (χ3n) is 7.92. The second-order valence-electron chi connectivity index (χ2n) is 11.6. The number of nitrogens with zero attached hydrogens (tertiary/aromatic N) is 5. The van der Waals surface area contributed by atoms with Gasteiger partial charge in [-0.05, 0) is 69.8 Å². The largest absolute Gasteiger partial charge is 0.354 e. The van der Waals surface area contributed by atoms with Gasteiger partial charge in [0.15, 0.2) is 0 Å². The second-order valence-corrected chi connectivity index (χ2v) is 11.6. The number of nitrogens with one attached hydrogen (secondary N) is 1. The summed E-state index contributed by atoms with van der Waals surface area (Å²) < 4.78 is 1.45. The number of urea groups is 1. The third kappa shape index (κ3) is 7.03. The van der Waals surface area contributed by atoms with Crippen molar-refractivity contribution >= 4 is 17.8 Å². The first-order valence-electron chi connectivity index (χ1n) is 13.7. The molecule has 0 radical (unpaired) electrons. The molecule has 1 saturated carbocycles. The molecule has 2 aromatic rings. The van der Waals surface area contributed by atoms with Crippen molar-refractivity contribution in [3.8, 4) is 5.69 Å². The van der Waals surface area contributed by atoms with Crippen LogP contribution < -0.4 is 22.5 Å². The highest BCUT2D eigenvalue weighted by Gasteiger charge is 2.31. The van der Waals surface area contributed by atoms with Gasteiger partial charge in [-0.3, -0.25) is 19.6 Å². The molecular weight excluding hydrogens is 496 g/mol. The molecule has 11 nitrogen and oxygen atoms in total. The topological polar surface area (TPSA) is 143 Å². The minimum atomic E-state index is -0.947. The lowest BCUT2D eigenvalue weighted by atomic mass is 9.82. The molecular formula is C28H42N8O3. The molecule has 212 valence electrons. The van der Waals surface area contributed by atoms with Crippen LogP contribution in [-0.2, 0) is 11.3 Å². The van der Waals surface area contributed by atoms with Gasteiger partial charge in [-0.15, -0.1) is 0 Å². The van der Waals surface area contributed by atoms with Gasteiger partial charge in [-0.1, -0.05) is 19.1 Å². The van der Waals surface area contributed by atoms with Crippen molar-refractivity contribution in [2.75, 3.05) is 38.5 Å². The second kappa shape index (κ2) is 11.8. The number of hydrogen-bond donors (Lipinski definition) is 3. The van der Waals surface area contributed by atoms with Crippen molar-refractivity contribution in [1.29, 1.82) is 0 Å². The number of benzene rings is 1. The summed E-state index contributed by atoms with van der Waals surface area (Å²) in [5.74, 6) is 0.574. The molecule has 2 heterocycles. The third-order valence-corrected chi connectivity index (χ3v) is 7.92. The molecule has 1 aliphatic carbocycles. The van der Waals surface area contributed by atoms with Gasteiger partial charge >= 0.3 is 11.7 Å². The fourth-order valence-corrected chi connectivity index (χ4v) is 5.35. The summed E-state index contributed by atoms with van der Waals surface area (Å²) in [7, 11) is 2.16. The zero-order valence-electron chi connectivity index (χ0n) is 23.5. The standard InChI is InChI=1S/C28H42N8O3/c1-19-17-22(9-10-23(19)29)33(4)18-20-5-7-21(8-6-20)36-12-11-24(32-27(36)39)31-26(38)35-15-13-34(14-16-35)25(37)28(2,3)30/h5-8,11-12,19,22-23H,9-10,13-18,29-30H2,1-4H3,(H,31,32,38,39). The Labute approximate surface area is 230 Å². The SMILES string of the molecule is CC1CC(N(C)Cc2ccc(-n3ccc(NC(=O)N4CCN(C(=O)C(C)(C)N)CC4)nc3=O)cc2)CCC1N. The van der Waals surface area contributed by atoms with Crippen LogP contribution in [0, 0.1) is 5.92 Å². The van der Waals surface area contributed by atoms with Gasteiger partial charge in [0.1, 0.15) is 5.82 Å². The van der Waals surface area contributed by atoms with Gasteiger partial charge in [0.05, 0.1) is 11.2 Å². The van der Waals surface area contributed by atoms with E-state index in [9.17, 15) is 14.4 Å². The van der Waals surface area contributed by atoms with Crippen LogP contribution in [0.5, 0.6) is 0 Å². The first-order chi connectivity index (χ1) is 18.4. The Morgan fingerprint density at radius 2 is 1.72 bits per heavy atom. The Hall–Kier alpha value is -3.28. The number of carbonyl (C=O) groups is 2. The van der Waals surface area contributed by atoms with Gasteiger partial charge in [-0.2, -0.15) is 4.98 Å². The molecule has 0 spiro atoms. The first kappa shape index (κ1) is 28.7. The van der Waals surface area contributed by atoms with Crippen LogP contribution in [-0.4, -0.2) is 87.0 Å². The van der Waals surface area contributed by atoms with E-state index in [2.05, 4.69) is 29.2 Å². The van der Waals surface area contributed by atoms with E-state index in [-0.39, 0.29) is 17.8 Å². The average molecular weight is 539 g/mol. The molecule has 1 aliphatic heterocycles. The number of nitrogens with two attached hydrogens (primary N) is 2. The number of rotatable bonds is 6. The van der Waals surface area contributed by atoms with Crippen LogP contribution >= 0.6 is 0 Å². The van der Waals surface area contributed by atoms with Gasteiger partial charge < -0.3 is 21.3 Å². The number of aromatic nitrogens is 2. The van der Waals surface area contributed by atoms with E-state index >= 15 is 0 Å². The Kier molecular flexibility index (Phi) is 8.73. The Balaban J connectivity index is 1.32. The minimum Gasteiger partial charge on any atom is -0.338 e. The molecule has 2 aliphatic rings. The van der Waals surface area contributed by atoms with Gasteiger partial charge in [0.2, 0.25) is 5.91 Å². The fraction of sp³-hybridized carbons (Fsp3) is 0.571. The molecule has 1 aromatic carbocycles. The van der Waals surface area contributed by atoms with Crippen LogP contribution in [0.4, 0.5) is 10.6 Å². The molecule has 3 atom stereocenters. The first-order valence-corrected chi connectivity index (χ1v) is 13.7. The zero-order valence-corrected chi connectivity index (χ0v) is 23.5. The monoisotopic (exact) mass is 538 g/mol. The van der Waals surface area contributed by atoms with E-state index in [1.54, 1.807) is 35.9 Å². The van der Waals surface area contributed by atoms with Crippen molar-refractivity contribution in [2.45, 2.75) is 64.2 Å². The number of piperazine rings is 1. The van der Waals surface area contributed by atoms with Crippen molar-refractivity contribution < 1.29 is 9.59 Å². The van der Waals surface area contributed by atoms with Gasteiger partial charge in [0.25, 0.3) is 0 Å². The van der Waals surface area contributed by atoms with E-state index in [0.29, 0.717) is 49.9 Å². The summed E-state index contributed by atoms with van der Waals surface area (Å²) in [5, 5.41) is 2.69. The van der Waals surface area contributed by atoms with Gasteiger partial charge in [0, 0.05) is 51.0 Å². The Morgan fingerprint density at radius 3 is 2.31 bits per heavy atom. The highest BCUT2D eigenvalue weighted by atomic mass is 16.2. The molecule has 39 heavy (non-hydrogen) atoms. The quantitative estimate of drug-likeness (QED) is 0.507. The van der Waals surface area contributed by atoms with E-state index in [1.165, 1.54) is 10.1 Å². The average Bonchev–Trinajstić information content (AvgIpc) is 2.90. The number of anilines is 1. The summed E-state index contributed by atoms with van der Waals surface area (Å²) in [6.07, 6.45) is 4.90. The van der Waals surface area contributed by atoms with E-state index in [0.717, 1.165) is 25.8 Å². The molecule has 0 bridgehead atoms. The lowest BCUT2D eigenvalue weighted by Crippen LogP contribution is -2.58. The number of carbonyl (C=O) groups excluding carboxylic acids is 2. The van der Waals surface area contributed by atoms with Crippen molar-refractivity contribution in [1.82, 2.24) is 24.3 Å². The maximum Gasteiger partial charge on any atom is 0.354 e. The Bertz CT molecular complexity index is 1210. The highest BCUT2D eigenvalue weighted by Crippen LogP contribution is 2.27. The van der Waals surface area contributed by atoms with E-state index < -0.39 is 11.2 Å². The molecule has 3 unspecified atom stereocenters. The summed E-state index contributed by atoms with van der Waals surface area (Å²) >= 11 is 0. The molecule has 1 saturated heterocycles. The van der Waals surface area contributed by atoms with Crippen LogP contribution in [0.3, 0.4) is 0 Å². The summed E-state index contributed by atoms with van der Waals surface area (Å²) in [4.78, 5) is 47.5. The lowest BCUT2D eigenvalue weighted by molar-refractivity contribution is -0.137. The predicted molar refractivity (Wildman–Crippen MR) is 152 cm³/mol. The highest BCUT2D eigenvalue weighted by molar-refractivity contribution is 5.89. The maximum absolute atomic E-state index is 12.7. The van der Waals surface area contributed by atoms with E-state index in [1.807, 2.05) is 24.3 Å². The molecule has 11 heteroatoms. The molecule has 2 fully saturated rings. The lowest BCUT2D eigenvalue weighted by Gasteiger charge is -2.37. The number of amides is 3. The smallest absolute Gasteiger partial charge is 0.338 e. The summed E-state index contributed by atoms with van der Waals surface area (Å²) in [6, 6.07) is 9.95. The summed E-state index contributed by atoms with van der Waals surface area (Å²) in [6.45, 7) is 7.96. The fourth-order valence-electron chi connectivity index (χ4n) is 5.35. The maximum atomic E-state index is 12.7. The molecule has 5 N–H and O–H groups in total. The van der Waals surface area contributed by atoms with Crippen molar-refractivity contribution in [3.63, 3.8) is 0 Å². The van der Waals surface area contributed by atoms with Crippen molar-refractivity contribution in [3.05, 3.63) is 52.6 Å². The van der Waals surface area contributed by atoms with Crippen LogP contribution in [0.2, 0.25) is 0 Å². The van der Waals surface area contributed by atoms with E-state index in [4.69, 9.17) is 11.5 Å². The molecule has 1 aromatic heterocycles. The molecule has 3 amide bonds. The van der Waals surface area contributed by atoms with Crippen LogP contribution in [0.1, 0.15) is 45.6 Å². The zero-order chi connectivity index (χ0) is 28.3. The summed E-state index contributed by atoms with van der Waals surface area (Å²) in [5.41, 5.74) is 12.5. The predicted octanol–water partition coefficient (Wildman–Crippen LogP) is 1.59. The molecule has 4 rings (SSSR count). The van der Waals surface area contributed by atoms with Crippen LogP contribution in [0.25, 0.3) is 5.69 Å². The minimum absolute atomic E-state index is 0.142. The van der Waals surface area contributed by atoms with Crippen LogP contribution in [0.15, 0.2) is 41.3 Å².